The van der Waals surface area contributed by atoms with Crippen LogP contribution in [0.25, 0.3) is 11.5 Å². The molecule has 6 nitrogen and oxygen atoms in total. The topological polar surface area (TPSA) is 85.1 Å². The first-order valence-corrected chi connectivity index (χ1v) is 10.4. The van der Waals surface area contributed by atoms with Crippen LogP contribution in [0.15, 0.2) is 58.2 Å². The second kappa shape index (κ2) is 10.0. The molecular weight excluding hydrogens is 386 g/mol. The molecule has 1 aromatic heterocycles. The van der Waals surface area contributed by atoms with Crippen molar-refractivity contribution in [2.75, 3.05) is 12.3 Å². The fraction of sp³-hybridized carbons (Fsp3) is 0.273. The van der Waals surface area contributed by atoms with E-state index in [0.29, 0.717) is 23.2 Å². The molecule has 2 aromatic carbocycles. The van der Waals surface area contributed by atoms with Gasteiger partial charge in [-0.3, -0.25) is 9.59 Å². The number of hydrogen-bond acceptors (Lipinski definition) is 6. The van der Waals surface area contributed by atoms with Crippen molar-refractivity contribution in [1.29, 1.82) is 0 Å². The van der Waals surface area contributed by atoms with E-state index in [4.69, 9.17) is 4.42 Å². The summed E-state index contributed by atoms with van der Waals surface area (Å²) in [7, 11) is 0. The van der Waals surface area contributed by atoms with E-state index >= 15 is 0 Å². The van der Waals surface area contributed by atoms with Crippen LogP contribution < -0.4 is 5.32 Å². The lowest BCUT2D eigenvalue weighted by Gasteiger charge is -2.04. The molecule has 1 heterocycles. The molecule has 0 spiro atoms. The highest BCUT2D eigenvalue weighted by molar-refractivity contribution is 7.99. The quantitative estimate of drug-likeness (QED) is 0.325. The number of ketones is 1. The molecule has 3 aromatic rings. The van der Waals surface area contributed by atoms with Crippen LogP contribution in [0.3, 0.4) is 0 Å². The Morgan fingerprint density at radius 2 is 1.90 bits per heavy atom. The van der Waals surface area contributed by atoms with Crippen molar-refractivity contribution in [2.24, 2.45) is 0 Å². The first kappa shape index (κ1) is 20.8. The van der Waals surface area contributed by atoms with Gasteiger partial charge in [-0.25, -0.2) is 0 Å². The van der Waals surface area contributed by atoms with Crippen molar-refractivity contribution in [3.63, 3.8) is 0 Å². The molecule has 0 fully saturated rings. The molecule has 0 bridgehead atoms. The largest absolute Gasteiger partial charge is 0.411 e. The highest BCUT2D eigenvalue weighted by Crippen LogP contribution is 2.24. The molecule has 3 rings (SSSR count). The number of aryl methyl sites for hydroxylation is 2. The second-order valence-electron chi connectivity index (χ2n) is 6.74. The van der Waals surface area contributed by atoms with Crippen LogP contribution in [0.5, 0.6) is 0 Å². The van der Waals surface area contributed by atoms with E-state index < -0.39 is 0 Å². The van der Waals surface area contributed by atoms with E-state index in [2.05, 4.69) is 15.5 Å². The summed E-state index contributed by atoms with van der Waals surface area (Å²) >= 11 is 1.24. The lowest BCUT2D eigenvalue weighted by atomic mass is 10.1. The molecule has 7 heteroatoms. The lowest BCUT2D eigenvalue weighted by molar-refractivity contribution is -0.118. The van der Waals surface area contributed by atoms with Crippen molar-refractivity contribution in [3.05, 3.63) is 65.2 Å². The van der Waals surface area contributed by atoms with Crippen LogP contribution >= 0.6 is 11.8 Å². The van der Waals surface area contributed by atoms with Gasteiger partial charge < -0.3 is 9.73 Å². The van der Waals surface area contributed by atoms with Gasteiger partial charge >= 0.3 is 0 Å². The summed E-state index contributed by atoms with van der Waals surface area (Å²) in [6.07, 6.45) is 1.72. The normalized spacial score (nSPS) is 10.7. The molecule has 0 aliphatic rings. The summed E-state index contributed by atoms with van der Waals surface area (Å²) in [5.41, 5.74) is 3.77. The van der Waals surface area contributed by atoms with Gasteiger partial charge in [0.05, 0.1) is 5.75 Å². The Hall–Kier alpha value is -2.93. The molecular formula is C22H23N3O3S. The van der Waals surface area contributed by atoms with Crippen LogP contribution in [0, 0.1) is 6.92 Å². The Labute approximate surface area is 174 Å². The van der Waals surface area contributed by atoms with Gasteiger partial charge in [0.1, 0.15) is 0 Å². The predicted molar refractivity (Wildman–Crippen MR) is 113 cm³/mol. The van der Waals surface area contributed by atoms with Gasteiger partial charge in [-0.05, 0) is 37.5 Å². The second-order valence-corrected chi connectivity index (χ2v) is 7.66. The van der Waals surface area contributed by atoms with Crippen molar-refractivity contribution >= 4 is 23.5 Å². The number of nitrogens with one attached hydrogen (secondary N) is 1. The minimum Gasteiger partial charge on any atom is -0.411 e. The van der Waals surface area contributed by atoms with E-state index in [9.17, 15) is 9.59 Å². The summed E-state index contributed by atoms with van der Waals surface area (Å²) in [4.78, 5) is 23.3. The number of carbonyl (C=O) groups is 2. The summed E-state index contributed by atoms with van der Waals surface area (Å²) in [5, 5.41) is 11.2. The molecule has 0 aliphatic heterocycles. The highest BCUT2D eigenvalue weighted by atomic mass is 32.2. The van der Waals surface area contributed by atoms with Crippen molar-refractivity contribution in [1.82, 2.24) is 15.5 Å². The lowest BCUT2D eigenvalue weighted by Crippen LogP contribution is -2.21. The standard InChI is InChI=1S/C22H23N3O3S/c1-15-5-3-7-19(13-15)21-24-25-22(28-21)29-14-20(27)18-10-8-17(9-11-18)6-4-12-23-16(2)26/h3,5,7-11,13H,4,6,12,14H2,1-2H3,(H,23,26). The maximum atomic E-state index is 12.4. The van der Waals surface area contributed by atoms with Gasteiger partial charge in [0.2, 0.25) is 11.8 Å². The third kappa shape index (κ3) is 6.29. The van der Waals surface area contributed by atoms with E-state index in [1.807, 2.05) is 55.5 Å². The third-order valence-electron chi connectivity index (χ3n) is 4.29. The molecule has 1 N–H and O–H groups in total. The van der Waals surface area contributed by atoms with Gasteiger partial charge in [0.25, 0.3) is 5.22 Å². The summed E-state index contributed by atoms with van der Waals surface area (Å²) in [6.45, 7) is 4.17. The van der Waals surface area contributed by atoms with Gasteiger partial charge in [0, 0.05) is 24.6 Å². The molecule has 0 atom stereocenters. The highest BCUT2D eigenvalue weighted by Gasteiger charge is 2.12. The summed E-state index contributed by atoms with van der Waals surface area (Å²) < 4.78 is 5.66. The Morgan fingerprint density at radius 3 is 2.62 bits per heavy atom. The van der Waals surface area contributed by atoms with Crippen LogP contribution in [-0.2, 0) is 11.2 Å². The van der Waals surface area contributed by atoms with Crippen molar-refractivity contribution in [2.45, 2.75) is 31.9 Å². The number of thioether (sulfide) groups is 1. The maximum Gasteiger partial charge on any atom is 0.277 e. The summed E-state index contributed by atoms with van der Waals surface area (Å²) in [5.74, 6) is 0.676. The van der Waals surface area contributed by atoms with Crippen LogP contribution in [0.2, 0.25) is 0 Å². The minimum absolute atomic E-state index is 0.00935. The third-order valence-corrected chi connectivity index (χ3v) is 5.11. The molecule has 0 saturated carbocycles. The Kier molecular flexibility index (Phi) is 7.19. The first-order valence-electron chi connectivity index (χ1n) is 9.41. The first-order chi connectivity index (χ1) is 14.0. The number of rotatable bonds is 9. The van der Waals surface area contributed by atoms with E-state index in [1.54, 1.807) is 0 Å². The molecule has 150 valence electrons. The molecule has 0 aliphatic carbocycles. The number of nitrogens with zero attached hydrogens (tertiary/aromatic N) is 2. The van der Waals surface area contributed by atoms with Gasteiger partial charge in [-0.1, -0.05) is 53.7 Å². The van der Waals surface area contributed by atoms with Crippen molar-refractivity contribution in [3.8, 4) is 11.5 Å². The average molecular weight is 410 g/mol. The smallest absolute Gasteiger partial charge is 0.277 e. The maximum absolute atomic E-state index is 12.4. The number of carbonyl (C=O) groups excluding carboxylic acids is 2. The number of amides is 1. The predicted octanol–water partition coefficient (Wildman–Crippen LogP) is 4.09. The molecule has 29 heavy (non-hydrogen) atoms. The number of Topliss-reactive ketones (excluding diaryl/α,β-unsaturated/α-hetero) is 1. The minimum atomic E-state index is -0.0179. The van der Waals surface area contributed by atoms with Crippen LogP contribution in [0.4, 0.5) is 0 Å². The number of hydrogen-bond donors (Lipinski definition) is 1. The van der Waals surface area contributed by atoms with E-state index in [0.717, 1.165) is 29.5 Å². The zero-order chi connectivity index (χ0) is 20.6. The molecule has 0 saturated heterocycles. The SMILES string of the molecule is CC(=O)NCCCc1ccc(C(=O)CSc2nnc(-c3cccc(C)c3)o2)cc1. The average Bonchev–Trinajstić information content (AvgIpc) is 3.19. The van der Waals surface area contributed by atoms with Crippen LogP contribution in [0.1, 0.15) is 34.8 Å². The summed E-state index contributed by atoms with van der Waals surface area (Å²) in [6, 6.07) is 15.4. The van der Waals surface area contributed by atoms with Crippen LogP contribution in [-0.4, -0.2) is 34.2 Å². The Morgan fingerprint density at radius 1 is 1.10 bits per heavy atom. The molecule has 0 unspecified atom stereocenters. The van der Waals surface area contributed by atoms with E-state index in [-0.39, 0.29) is 17.4 Å². The number of aromatic nitrogens is 2. The molecule has 0 radical (unpaired) electrons. The zero-order valence-electron chi connectivity index (χ0n) is 16.5. The number of benzene rings is 2. The zero-order valence-corrected chi connectivity index (χ0v) is 17.3. The molecule has 1 amide bonds. The van der Waals surface area contributed by atoms with E-state index in [1.165, 1.54) is 18.7 Å². The fourth-order valence-electron chi connectivity index (χ4n) is 2.79. The Balaban J connectivity index is 1.50. The fourth-order valence-corrected chi connectivity index (χ4v) is 3.45. The Bertz CT molecular complexity index is 983. The van der Waals surface area contributed by atoms with Gasteiger partial charge in [-0.15, -0.1) is 10.2 Å². The van der Waals surface area contributed by atoms with Gasteiger partial charge in [-0.2, -0.15) is 0 Å². The monoisotopic (exact) mass is 409 g/mol. The van der Waals surface area contributed by atoms with Crippen molar-refractivity contribution < 1.29 is 14.0 Å². The van der Waals surface area contributed by atoms with Gasteiger partial charge in [0.15, 0.2) is 5.78 Å².